The van der Waals surface area contributed by atoms with Gasteiger partial charge >= 0.3 is 12.2 Å². The molecule has 1 spiro atoms. The number of fused-ring (bicyclic) bond motifs is 3. The van der Waals surface area contributed by atoms with Crippen LogP contribution in [0.1, 0.15) is 128 Å². The highest BCUT2D eigenvalue weighted by molar-refractivity contribution is 7.91. The number of ether oxygens (including phenoxy) is 2. The van der Waals surface area contributed by atoms with E-state index in [0.29, 0.717) is 32.4 Å². The Morgan fingerprint density at radius 3 is 2.34 bits per heavy atom. The van der Waals surface area contributed by atoms with Gasteiger partial charge in [-0.1, -0.05) is 78.0 Å². The van der Waals surface area contributed by atoms with Crippen LogP contribution in [-0.4, -0.2) is 90.3 Å². The van der Waals surface area contributed by atoms with E-state index in [4.69, 9.17) is 9.47 Å². The fourth-order valence-electron chi connectivity index (χ4n) is 9.52. The number of amides is 5. The molecule has 5 atom stereocenters. The van der Waals surface area contributed by atoms with Crippen molar-refractivity contribution in [3.05, 3.63) is 34.9 Å². The SMILES string of the molecule is CC[C@@H]1C[C@]1(NC(=O)[C@@H]1C[C@@H]2CN1C(=O)[C@H](C(C)(C)C)NC(=O)OCC1(CCCCC1)CCCCc1cccc3c1CN(C3)C(=O)O2)C(=O)NS(=O)(=O)C1CC1. The molecule has 56 heavy (non-hydrogen) atoms. The topological polar surface area (TPSA) is 181 Å². The highest BCUT2D eigenvalue weighted by atomic mass is 32.2. The summed E-state index contributed by atoms with van der Waals surface area (Å²) in [6.07, 6.45) is 8.51. The maximum Gasteiger partial charge on any atom is 0.410 e. The van der Waals surface area contributed by atoms with Crippen LogP contribution in [0, 0.1) is 16.7 Å². The second-order valence-electron chi connectivity index (χ2n) is 18.4. The Kier molecular flexibility index (Phi) is 11.1. The van der Waals surface area contributed by atoms with Crippen molar-refractivity contribution in [1.29, 1.82) is 0 Å². The van der Waals surface area contributed by atoms with Gasteiger partial charge in [0.2, 0.25) is 21.8 Å². The quantitative estimate of drug-likeness (QED) is 0.364. The van der Waals surface area contributed by atoms with Crippen LogP contribution in [-0.2, 0) is 53.4 Å². The lowest BCUT2D eigenvalue weighted by Gasteiger charge is -2.38. The van der Waals surface area contributed by atoms with Gasteiger partial charge in [-0.25, -0.2) is 18.0 Å². The van der Waals surface area contributed by atoms with E-state index in [1.165, 1.54) is 10.5 Å². The molecule has 4 fully saturated rings. The average Bonchev–Trinajstić information content (AvgIpc) is 4.05. The Balaban J connectivity index is 1.17. The third-order valence-electron chi connectivity index (χ3n) is 13.2. The maximum atomic E-state index is 14.7. The van der Waals surface area contributed by atoms with Gasteiger partial charge in [-0.2, -0.15) is 0 Å². The first-order valence-electron chi connectivity index (χ1n) is 20.7. The summed E-state index contributed by atoms with van der Waals surface area (Å²) in [4.78, 5) is 72.9. The molecule has 3 saturated carbocycles. The van der Waals surface area contributed by atoms with E-state index in [-0.39, 0.29) is 37.3 Å². The molecule has 5 amide bonds. The number of aryl methyl sites for hydroxylation is 1. The van der Waals surface area contributed by atoms with E-state index in [9.17, 15) is 32.4 Å². The molecule has 308 valence electrons. The van der Waals surface area contributed by atoms with Gasteiger partial charge in [0.25, 0.3) is 5.91 Å². The van der Waals surface area contributed by atoms with Crippen LogP contribution < -0.4 is 15.4 Å². The number of sulfonamides is 1. The molecule has 7 rings (SSSR count). The van der Waals surface area contributed by atoms with Crippen molar-refractivity contribution in [2.24, 2.45) is 16.7 Å². The molecule has 0 unspecified atom stereocenters. The first-order valence-corrected chi connectivity index (χ1v) is 22.3. The second kappa shape index (κ2) is 15.5. The van der Waals surface area contributed by atoms with Crippen LogP contribution in [0.25, 0.3) is 0 Å². The minimum Gasteiger partial charge on any atom is -0.449 e. The lowest BCUT2D eigenvalue weighted by atomic mass is 9.71. The molecule has 3 N–H and O–H groups in total. The number of carbonyl (C=O) groups is 5. The number of nitrogens with zero attached hydrogens (tertiary/aromatic N) is 2. The molecule has 3 aliphatic heterocycles. The predicted molar refractivity (Wildman–Crippen MR) is 206 cm³/mol. The zero-order valence-electron chi connectivity index (χ0n) is 33.3. The summed E-state index contributed by atoms with van der Waals surface area (Å²) in [5.74, 6) is -2.29. The fraction of sp³-hybridized carbons (Fsp3) is 0.732. The van der Waals surface area contributed by atoms with Gasteiger partial charge in [0.15, 0.2) is 0 Å². The van der Waals surface area contributed by atoms with Crippen molar-refractivity contribution in [2.75, 3.05) is 13.2 Å². The van der Waals surface area contributed by atoms with E-state index >= 15 is 0 Å². The van der Waals surface area contributed by atoms with Gasteiger partial charge in [-0.15, -0.1) is 0 Å². The van der Waals surface area contributed by atoms with Crippen molar-refractivity contribution in [3.63, 3.8) is 0 Å². The highest BCUT2D eigenvalue weighted by Crippen LogP contribution is 2.47. The highest BCUT2D eigenvalue weighted by Gasteiger charge is 2.62. The van der Waals surface area contributed by atoms with Crippen molar-refractivity contribution in [3.8, 4) is 0 Å². The Morgan fingerprint density at radius 1 is 0.982 bits per heavy atom. The molecule has 6 aliphatic rings. The van der Waals surface area contributed by atoms with E-state index < -0.39 is 74.3 Å². The smallest absolute Gasteiger partial charge is 0.410 e. The zero-order chi connectivity index (χ0) is 40.0. The normalized spacial score (nSPS) is 29.9. The van der Waals surface area contributed by atoms with Crippen LogP contribution >= 0.6 is 0 Å². The van der Waals surface area contributed by atoms with Gasteiger partial charge < -0.3 is 25.0 Å². The van der Waals surface area contributed by atoms with E-state index in [2.05, 4.69) is 21.4 Å². The summed E-state index contributed by atoms with van der Waals surface area (Å²) in [5.41, 5.74) is 0.996. The standard InChI is InChI=1S/C41H59N5O9S/c1-5-28-21-41(28,36(49)44-56(52,53)30-15-16-30)43-34(47)32-20-29-23-46(32)35(48)33(39(2,3)4)42-37(50)54-25-40(17-8-6-9-18-40)19-10-7-12-26-13-11-14-27-22-45(24-31(26)27)38(51)55-29/h11,13-14,28-30,32-33H,5-10,12,15-25H2,1-4H3,(H,42,50)(H,43,47)(H,44,49)/t28-,29-,32+,33-,41-/m1/s1. The Hall–Kier alpha value is -3.88. The van der Waals surface area contributed by atoms with Gasteiger partial charge in [-0.05, 0) is 79.4 Å². The molecule has 3 aliphatic carbocycles. The third-order valence-corrected chi connectivity index (χ3v) is 15.0. The first kappa shape index (κ1) is 40.3. The molecule has 14 nitrogen and oxygen atoms in total. The maximum absolute atomic E-state index is 14.7. The largest absolute Gasteiger partial charge is 0.449 e. The lowest BCUT2D eigenvalue weighted by molar-refractivity contribution is -0.143. The number of cyclic esters (lactones) is 1. The third kappa shape index (κ3) is 8.38. The lowest BCUT2D eigenvalue weighted by Crippen LogP contribution is -2.60. The molecule has 0 radical (unpaired) electrons. The molecular weight excluding hydrogens is 739 g/mol. The monoisotopic (exact) mass is 797 g/mol. The zero-order valence-corrected chi connectivity index (χ0v) is 34.1. The van der Waals surface area contributed by atoms with E-state index in [1.54, 1.807) is 4.90 Å². The molecular formula is C41H59N5O9S. The Labute approximate surface area is 330 Å². The van der Waals surface area contributed by atoms with Crippen LogP contribution in [0.2, 0.25) is 0 Å². The minimum atomic E-state index is -3.88. The fourth-order valence-corrected chi connectivity index (χ4v) is 10.9. The first-order chi connectivity index (χ1) is 26.5. The molecule has 1 aromatic carbocycles. The summed E-state index contributed by atoms with van der Waals surface area (Å²) >= 11 is 0. The van der Waals surface area contributed by atoms with Crippen LogP contribution in [0.4, 0.5) is 9.59 Å². The predicted octanol–water partition coefficient (Wildman–Crippen LogP) is 4.82. The number of rotatable bonds is 6. The molecule has 4 bridgehead atoms. The molecule has 1 saturated heterocycles. The molecule has 3 heterocycles. The second-order valence-corrected chi connectivity index (χ2v) is 20.4. The van der Waals surface area contributed by atoms with Crippen LogP contribution in [0.5, 0.6) is 0 Å². The average molecular weight is 798 g/mol. The van der Waals surface area contributed by atoms with Crippen LogP contribution in [0.3, 0.4) is 0 Å². The van der Waals surface area contributed by atoms with Crippen molar-refractivity contribution in [2.45, 2.75) is 160 Å². The van der Waals surface area contributed by atoms with Gasteiger partial charge in [0.1, 0.15) is 23.7 Å². The molecule has 1 aromatic rings. The number of benzene rings is 1. The Morgan fingerprint density at radius 2 is 1.68 bits per heavy atom. The number of alkyl carbamates (subject to hydrolysis) is 1. The van der Waals surface area contributed by atoms with Crippen molar-refractivity contribution in [1.82, 2.24) is 25.2 Å². The van der Waals surface area contributed by atoms with Crippen molar-refractivity contribution >= 4 is 39.9 Å². The molecule has 0 aromatic heterocycles. The van der Waals surface area contributed by atoms with Gasteiger partial charge in [-0.3, -0.25) is 24.0 Å². The summed E-state index contributed by atoms with van der Waals surface area (Å²) in [5, 5.41) is 5.06. The summed E-state index contributed by atoms with van der Waals surface area (Å²) in [6, 6.07) is 3.90. The summed E-state index contributed by atoms with van der Waals surface area (Å²) in [7, 11) is -3.88. The van der Waals surface area contributed by atoms with Crippen molar-refractivity contribution < 1.29 is 41.9 Å². The van der Waals surface area contributed by atoms with E-state index in [1.807, 2.05) is 39.8 Å². The number of nitrogens with one attached hydrogen (secondary N) is 3. The Bertz CT molecular complexity index is 1840. The summed E-state index contributed by atoms with van der Waals surface area (Å²) < 4.78 is 39.7. The number of hydrogen-bond acceptors (Lipinski definition) is 9. The summed E-state index contributed by atoms with van der Waals surface area (Å²) in [6.45, 7) is 8.23. The van der Waals surface area contributed by atoms with E-state index in [0.717, 1.165) is 68.9 Å². The minimum absolute atomic E-state index is 0.0476. The van der Waals surface area contributed by atoms with Crippen LogP contribution in [0.15, 0.2) is 18.2 Å². The van der Waals surface area contributed by atoms with Gasteiger partial charge in [0, 0.05) is 24.9 Å². The number of hydrogen-bond donors (Lipinski definition) is 3. The van der Waals surface area contributed by atoms with Gasteiger partial charge in [0.05, 0.1) is 18.4 Å². The number of carbonyl (C=O) groups excluding carboxylic acids is 5. The molecule has 15 heteroatoms.